The van der Waals surface area contributed by atoms with Crippen LogP contribution in [0, 0.1) is 0 Å². The van der Waals surface area contributed by atoms with Crippen molar-refractivity contribution in [2.75, 3.05) is 13.7 Å². The van der Waals surface area contributed by atoms with Gasteiger partial charge in [-0.1, -0.05) is 36.4 Å². The molecule has 0 spiro atoms. The van der Waals surface area contributed by atoms with Gasteiger partial charge >= 0.3 is 0 Å². The van der Waals surface area contributed by atoms with Crippen molar-refractivity contribution in [2.45, 2.75) is 6.92 Å². The zero-order valence-corrected chi connectivity index (χ0v) is 15.5. The standard InChI is InChI=1S/C22H18N2O4/c1-3-28-17-11-10-14(12-18(17)27-2)22(26)24-23-20-15-8-4-6-13-7-5-9-16(19(13)15)21(20)25/h4-12H,3H2,1-2H3,(H,24,26)/b23-20+. The van der Waals surface area contributed by atoms with Crippen LogP contribution >= 0.6 is 0 Å². The molecule has 3 aromatic carbocycles. The van der Waals surface area contributed by atoms with Crippen molar-refractivity contribution in [3.63, 3.8) is 0 Å². The van der Waals surface area contributed by atoms with E-state index in [0.717, 1.165) is 16.3 Å². The third-order valence-electron chi connectivity index (χ3n) is 4.61. The summed E-state index contributed by atoms with van der Waals surface area (Å²) >= 11 is 0. The number of nitrogens with zero attached hydrogens (tertiary/aromatic N) is 1. The number of methoxy groups -OCH3 is 1. The van der Waals surface area contributed by atoms with Crippen molar-refractivity contribution in [3.8, 4) is 11.5 Å². The fourth-order valence-corrected chi connectivity index (χ4v) is 3.34. The zero-order chi connectivity index (χ0) is 19.7. The second kappa shape index (κ2) is 7.15. The van der Waals surface area contributed by atoms with E-state index in [4.69, 9.17) is 9.47 Å². The van der Waals surface area contributed by atoms with E-state index in [0.29, 0.717) is 29.2 Å². The Morgan fingerprint density at radius 3 is 2.50 bits per heavy atom. The minimum atomic E-state index is -0.440. The summed E-state index contributed by atoms with van der Waals surface area (Å²) in [5.41, 5.74) is 4.40. The van der Waals surface area contributed by atoms with Crippen molar-refractivity contribution in [1.29, 1.82) is 0 Å². The lowest BCUT2D eigenvalue weighted by Gasteiger charge is -2.10. The zero-order valence-electron chi connectivity index (χ0n) is 15.5. The first kappa shape index (κ1) is 17.7. The lowest BCUT2D eigenvalue weighted by molar-refractivity contribution is 0.0954. The van der Waals surface area contributed by atoms with Crippen molar-refractivity contribution in [1.82, 2.24) is 5.43 Å². The van der Waals surface area contributed by atoms with Crippen LogP contribution in [0.15, 0.2) is 59.7 Å². The molecule has 1 N–H and O–H groups in total. The van der Waals surface area contributed by atoms with E-state index >= 15 is 0 Å². The molecule has 28 heavy (non-hydrogen) atoms. The molecule has 0 unspecified atom stereocenters. The fraction of sp³-hybridized carbons (Fsp3) is 0.136. The van der Waals surface area contributed by atoms with Gasteiger partial charge in [0.2, 0.25) is 5.78 Å². The average Bonchev–Trinajstić information content (AvgIpc) is 3.00. The van der Waals surface area contributed by atoms with Crippen molar-refractivity contribution >= 4 is 28.2 Å². The molecule has 0 saturated heterocycles. The Morgan fingerprint density at radius 2 is 1.79 bits per heavy atom. The van der Waals surface area contributed by atoms with Gasteiger partial charge in [0.25, 0.3) is 5.91 Å². The molecule has 0 saturated carbocycles. The molecule has 6 nitrogen and oxygen atoms in total. The van der Waals surface area contributed by atoms with E-state index in [9.17, 15) is 9.59 Å². The quantitative estimate of drug-likeness (QED) is 0.693. The first-order chi connectivity index (χ1) is 13.6. The Hall–Kier alpha value is -3.67. The van der Waals surface area contributed by atoms with E-state index in [-0.39, 0.29) is 11.5 Å². The molecule has 0 heterocycles. The number of hydrazone groups is 1. The highest BCUT2D eigenvalue weighted by Gasteiger charge is 2.29. The minimum absolute atomic E-state index is 0.198. The number of Topliss-reactive ketones (excluding diaryl/α,β-unsaturated/α-hetero) is 1. The van der Waals surface area contributed by atoms with Crippen LogP contribution in [-0.4, -0.2) is 31.1 Å². The highest BCUT2D eigenvalue weighted by atomic mass is 16.5. The van der Waals surface area contributed by atoms with E-state index in [1.54, 1.807) is 24.3 Å². The van der Waals surface area contributed by atoms with Gasteiger partial charge < -0.3 is 9.47 Å². The maximum atomic E-state index is 12.7. The molecular weight excluding hydrogens is 356 g/mol. The Kier molecular flexibility index (Phi) is 4.53. The lowest BCUT2D eigenvalue weighted by atomic mass is 10.1. The molecule has 140 valence electrons. The van der Waals surface area contributed by atoms with Gasteiger partial charge in [0.1, 0.15) is 5.71 Å². The number of ketones is 1. The largest absolute Gasteiger partial charge is 0.493 e. The number of ether oxygens (including phenoxy) is 2. The Balaban J connectivity index is 1.63. The minimum Gasteiger partial charge on any atom is -0.493 e. The van der Waals surface area contributed by atoms with Crippen LogP contribution in [0.1, 0.15) is 33.2 Å². The van der Waals surface area contributed by atoms with E-state index < -0.39 is 5.91 Å². The second-order valence-electron chi connectivity index (χ2n) is 6.24. The maximum Gasteiger partial charge on any atom is 0.271 e. The summed E-state index contributed by atoms with van der Waals surface area (Å²) in [6, 6.07) is 16.1. The van der Waals surface area contributed by atoms with Crippen LogP contribution in [0.5, 0.6) is 11.5 Å². The topological polar surface area (TPSA) is 77.0 Å². The normalized spacial score (nSPS) is 13.8. The second-order valence-corrected chi connectivity index (χ2v) is 6.24. The summed E-state index contributed by atoms with van der Waals surface area (Å²) in [6.45, 7) is 2.36. The maximum absolute atomic E-state index is 12.7. The molecule has 1 aliphatic rings. The van der Waals surface area contributed by atoms with Crippen LogP contribution in [0.2, 0.25) is 0 Å². The molecule has 6 heteroatoms. The fourth-order valence-electron chi connectivity index (χ4n) is 3.34. The van der Waals surface area contributed by atoms with Gasteiger partial charge in [-0.15, -0.1) is 0 Å². The van der Waals surface area contributed by atoms with E-state index in [2.05, 4.69) is 10.5 Å². The van der Waals surface area contributed by atoms with Crippen molar-refractivity contribution < 1.29 is 19.1 Å². The van der Waals surface area contributed by atoms with Crippen LogP contribution in [-0.2, 0) is 0 Å². The molecule has 0 bridgehead atoms. The summed E-state index contributed by atoms with van der Waals surface area (Å²) in [7, 11) is 1.51. The van der Waals surface area contributed by atoms with Crippen LogP contribution in [0.3, 0.4) is 0 Å². The molecular formula is C22H18N2O4. The van der Waals surface area contributed by atoms with Crippen LogP contribution in [0.25, 0.3) is 10.8 Å². The van der Waals surface area contributed by atoms with Gasteiger partial charge in [0, 0.05) is 22.1 Å². The first-order valence-corrected chi connectivity index (χ1v) is 8.89. The Morgan fingerprint density at radius 1 is 1.04 bits per heavy atom. The molecule has 4 rings (SSSR count). The summed E-state index contributed by atoms with van der Waals surface area (Å²) in [4.78, 5) is 25.3. The summed E-state index contributed by atoms with van der Waals surface area (Å²) < 4.78 is 10.7. The lowest BCUT2D eigenvalue weighted by Crippen LogP contribution is -2.22. The molecule has 0 radical (unpaired) electrons. The van der Waals surface area contributed by atoms with Gasteiger partial charge in [0.15, 0.2) is 11.5 Å². The van der Waals surface area contributed by atoms with Crippen LogP contribution in [0.4, 0.5) is 0 Å². The SMILES string of the molecule is CCOc1ccc(C(=O)N/N=C2/C(=O)c3cccc4cccc2c34)cc1OC. The third-order valence-corrected chi connectivity index (χ3v) is 4.61. The molecule has 0 atom stereocenters. The predicted octanol–water partition coefficient (Wildman–Crippen LogP) is 3.58. The number of amides is 1. The molecule has 1 amide bonds. The van der Waals surface area contributed by atoms with E-state index in [1.165, 1.54) is 7.11 Å². The Bertz CT molecular complexity index is 1130. The molecule has 3 aromatic rings. The summed E-state index contributed by atoms with van der Waals surface area (Å²) in [5, 5.41) is 5.97. The van der Waals surface area contributed by atoms with Crippen LogP contribution < -0.4 is 14.9 Å². The Labute approximate surface area is 161 Å². The molecule has 0 aromatic heterocycles. The van der Waals surface area contributed by atoms with Crippen molar-refractivity contribution in [2.24, 2.45) is 5.10 Å². The smallest absolute Gasteiger partial charge is 0.271 e. The van der Waals surface area contributed by atoms with Crippen molar-refractivity contribution in [3.05, 3.63) is 71.3 Å². The molecule has 0 aliphatic heterocycles. The number of hydrogen-bond donors (Lipinski definition) is 1. The van der Waals surface area contributed by atoms with Gasteiger partial charge in [-0.25, -0.2) is 5.43 Å². The summed E-state index contributed by atoms with van der Waals surface area (Å²) in [5.74, 6) is 0.374. The van der Waals surface area contributed by atoms with Gasteiger partial charge in [-0.05, 0) is 30.5 Å². The van der Waals surface area contributed by atoms with Gasteiger partial charge in [0.05, 0.1) is 13.7 Å². The predicted molar refractivity (Wildman–Crippen MR) is 106 cm³/mol. The monoisotopic (exact) mass is 374 g/mol. The van der Waals surface area contributed by atoms with Gasteiger partial charge in [-0.3, -0.25) is 9.59 Å². The number of carbonyl (C=O) groups excluding carboxylic acids is 2. The average molecular weight is 374 g/mol. The van der Waals surface area contributed by atoms with E-state index in [1.807, 2.05) is 37.3 Å². The molecule has 1 aliphatic carbocycles. The highest BCUT2D eigenvalue weighted by molar-refractivity contribution is 6.59. The van der Waals surface area contributed by atoms with Gasteiger partial charge in [-0.2, -0.15) is 5.10 Å². The number of benzene rings is 3. The molecule has 0 fully saturated rings. The highest BCUT2D eigenvalue weighted by Crippen LogP contribution is 2.31. The number of nitrogens with one attached hydrogen (secondary N) is 1. The number of rotatable bonds is 5. The number of hydrogen-bond acceptors (Lipinski definition) is 5. The third kappa shape index (κ3) is 2.89. The summed E-state index contributed by atoms with van der Waals surface area (Å²) in [6.07, 6.45) is 0. The number of carbonyl (C=O) groups is 2. The first-order valence-electron chi connectivity index (χ1n) is 8.89.